The van der Waals surface area contributed by atoms with Gasteiger partial charge in [0.05, 0.1) is 0 Å². The van der Waals surface area contributed by atoms with Crippen LogP contribution in [0, 0.1) is 6.92 Å². The molecule has 172 valence electrons. The molecule has 2 N–H and O–H groups in total. The van der Waals surface area contributed by atoms with Crippen LogP contribution < -0.4 is 10.6 Å². The monoisotopic (exact) mass is 557 g/mol. The van der Waals surface area contributed by atoms with E-state index in [1.54, 1.807) is 11.3 Å². The van der Waals surface area contributed by atoms with Gasteiger partial charge in [0.1, 0.15) is 12.4 Å². The molecule has 0 aromatic carbocycles. The Hall–Kier alpha value is -1.20. The highest BCUT2D eigenvalue weighted by atomic mass is 127. The molecule has 0 radical (unpaired) electrons. The average molecular weight is 558 g/mol. The lowest BCUT2D eigenvalue weighted by molar-refractivity contribution is 0.198. The highest BCUT2D eigenvalue weighted by molar-refractivity contribution is 14.0. The van der Waals surface area contributed by atoms with Gasteiger partial charge < -0.3 is 15.2 Å². The Labute approximate surface area is 207 Å². The Balaban J connectivity index is 0.00000272. The van der Waals surface area contributed by atoms with Crippen molar-refractivity contribution < 1.29 is 0 Å². The van der Waals surface area contributed by atoms with Gasteiger partial charge in [0.2, 0.25) is 0 Å². The van der Waals surface area contributed by atoms with Gasteiger partial charge in [0.15, 0.2) is 11.8 Å². The van der Waals surface area contributed by atoms with E-state index < -0.39 is 0 Å². The number of guanidine groups is 1. The van der Waals surface area contributed by atoms with Gasteiger partial charge in [0, 0.05) is 38.8 Å². The van der Waals surface area contributed by atoms with Gasteiger partial charge in [0.25, 0.3) is 0 Å². The molecule has 0 bridgehead atoms. The number of aryl methyl sites for hydroxylation is 1. The predicted molar refractivity (Wildman–Crippen MR) is 138 cm³/mol. The number of nitrogens with one attached hydrogen (secondary N) is 2. The van der Waals surface area contributed by atoms with Gasteiger partial charge >= 0.3 is 0 Å². The van der Waals surface area contributed by atoms with Crippen LogP contribution in [0.3, 0.4) is 0 Å². The first-order chi connectivity index (χ1) is 14.7. The zero-order valence-electron chi connectivity index (χ0n) is 18.7. The maximum atomic E-state index is 4.90. The second-order valence-corrected chi connectivity index (χ2v) is 9.47. The number of rotatable bonds is 6. The van der Waals surface area contributed by atoms with Crippen molar-refractivity contribution in [3.05, 3.63) is 34.0 Å². The summed E-state index contributed by atoms with van der Waals surface area (Å²) < 4.78 is 2.02. The molecule has 2 fully saturated rings. The lowest BCUT2D eigenvalue weighted by Crippen LogP contribution is -2.51. The third kappa shape index (κ3) is 7.15. The van der Waals surface area contributed by atoms with Crippen molar-refractivity contribution in [2.24, 2.45) is 12.0 Å². The minimum absolute atomic E-state index is 0. The number of likely N-dealkylation sites (tertiary alicyclic amines) is 1. The third-order valence-electron chi connectivity index (χ3n) is 6.42. The topological polar surface area (TPSA) is 70.4 Å². The van der Waals surface area contributed by atoms with Crippen molar-refractivity contribution in [3.8, 4) is 0 Å². The lowest BCUT2D eigenvalue weighted by atomic mass is 9.95. The number of aromatic nitrogens is 3. The molecule has 9 heteroatoms. The molecule has 2 aromatic heterocycles. The molecule has 7 nitrogen and oxygen atoms in total. The summed E-state index contributed by atoms with van der Waals surface area (Å²) >= 11 is 1.79. The molecule has 31 heavy (non-hydrogen) atoms. The lowest BCUT2D eigenvalue weighted by Gasteiger charge is -2.34. The summed E-state index contributed by atoms with van der Waals surface area (Å²) in [5.74, 6) is 2.77. The predicted octanol–water partition coefficient (Wildman–Crippen LogP) is 3.84. The summed E-state index contributed by atoms with van der Waals surface area (Å²) in [4.78, 5) is 7.46. The minimum atomic E-state index is 0. The van der Waals surface area contributed by atoms with Gasteiger partial charge in [-0.1, -0.05) is 19.3 Å². The number of halogens is 1. The molecule has 2 aliphatic rings. The summed E-state index contributed by atoms with van der Waals surface area (Å²) in [6.07, 6.45) is 8.77. The van der Waals surface area contributed by atoms with Crippen LogP contribution in [0.4, 0.5) is 0 Å². The molecule has 3 heterocycles. The van der Waals surface area contributed by atoms with E-state index in [0.29, 0.717) is 18.6 Å². The molecule has 2 aromatic rings. The van der Waals surface area contributed by atoms with Crippen LogP contribution in [0.1, 0.15) is 62.2 Å². The van der Waals surface area contributed by atoms with Crippen molar-refractivity contribution in [2.45, 2.75) is 77.0 Å². The molecule has 4 rings (SSSR count). The first-order valence-electron chi connectivity index (χ1n) is 11.3. The molecule has 1 saturated carbocycles. The van der Waals surface area contributed by atoms with Crippen molar-refractivity contribution >= 4 is 41.3 Å². The quantitative estimate of drug-likeness (QED) is 0.321. The van der Waals surface area contributed by atoms with E-state index in [9.17, 15) is 0 Å². The zero-order chi connectivity index (χ0) is 20.8. The van der Waals surface area contributed by atoms with Crippen molar-refractivity contribution in [2.75, 3.05) is 13.1 Å². The molecule has 0 atom stereocenters. The maximum absolute atomic E-state index is 4.90. The molecular weight excluding hydrogens is 521 g/mol. The summed E-state index contributed by atoms with van der Waals surface area (Å²) in [6, 6.07) is 3.24. The van der Waals surface area contributed by atoms with E-state index in [1.165, 1.54) is 37.7 Å². The number of piperidine rings is 1. The van der Waals surface area contributed by atoms with Crippen LogP contribution in [0.2, 0.25) is 0 Å². The second kappa shape index (κ2) is 12.2. The van der Waals surface area contributed by atoms with Crippen LogP contribution >= 0.6 is 35.3 Å². The highest BCUT2D eigenvalue weighted by Gasteiger charge is 2.22. The molecule has 1 aliphatic heterocycles. The molecular formula is C22H36IN7S. The van der Waals surface area contributed by atoms with Gasteiger partial charge in [-0.2, -0.15) is 11.3 Å². The van der Waals surface area contributed by atoms with E-state index in [2.05, 4.69) is 42.6 Å². The Morgan fingerprint density at radius 2 is 1.81 bits per heavy atom. The fourth-order valence-corrected chi connectivity index (χ4v) is 5.04. The zero-order valence-corrected chi connectivity index (χ0v) is 21.9. The maximum Gasteiger partial charge on any atom is 0.192 e. The summed E-state index contributed by atoms with van der Waals surface area (Å²) in [7, 11) is 2.01. The van der Waals surface area contributed by atoms with Crippen molar-refractivity contribution in [1.29, 1.82) is 0 Å². The van der Waals surface area contributed by atoms with Crippen LogP contribution in [0.25, 0.3) is 0 Å². The number of hydrogen-bond donors (Lipinski definition) is 2. The van der Waals surface area contributed by atoms with E-state index in [-0.39, 0.29) is 24.0 Å². The van der Waals surface area contributed by atoms with Gasteiger partial charge in [-0.15, -0.1) is 34.2 Å². The van der Waals surface area contributed by atoms with Crippen LogP contribution in [0.5, 0.6) is 0 Å². The van der Waals surface area contributed by atoms with Crippen LogP contribution in [0.15, 0.2) is 21.8 Å². The molecule has 1 aliphatic carbocycles. The first kappa shape index (κ1) is 24.4. The Bertz CT molecular complexity index is 806. The number of nitrogens with zero attached hydrogens (tertiary/aromatic N) is 5. The standard InChI is InChI=1S/C22H35N7S.HI/c1-17-26-27-21(28(17)2)14-23-22(24-19-6-4-3-5-7-19)25-20-8-11-29(12-9-20)15-18-10-13-30-16-18;/h10,13,16,19-20H,3-9,11-12,14-15H2,1-2H3,(H2,23,24,25);1H. The van der Waals surface area contributed by atoms with Crippen molar-refractivity contribution in [3.63, 3.8) is 0 Å². The van der Waals surface area contributed by atoms with E-state index in [0.717, 1.165) is 50.1 Å². The average Bonchev–Trinajstić information content (AvgIpc) is 3.39. The summed E-state index contributed by atoms with van der Waals surface area (Å²) in [6.45, 7) is 5.86. The van der Waals surface area contributed by atoms with E-state index in [1.807, 2.05) is 18.5 Å². The molecule has 0 amide bonds. The van der Waals surface area contributed by atoms with Crippen molar-refractivity contribution in [1.82, 2.24) is 30.3 Å². The third-order valence-corrected chi connectivity index (χ3v) is 7.15. The minimum Gasteiger partial charge on any atom is -0.354 e. The smallest absolute Gasteiger partial charge is 0.192 e. The number of thiophene rings is 1. The summed E-state index contributed by atoms with van der Waals surface area (Å²) in [5, 5.41) is 20.3. The largest absolute Gasteiger partial charge is 0.354 e. The second-order valence-electron chi connectivity index (χ2n) is 8.69. The number of hydrogen-bond acceptors (Lipinski definition) is 5. The van der Waals surface area contributed by atoms with E-state index >= 15 is 0 Å². The first-order valence-corrected chi connectivity index (χ1v) is 12.3. The Kier molecular flexibility index (Phi) is 9.58. The molecule has 0 spiro atoms. The van der Waals surface area contributed by atoms with Gasteiger partial charge in [-0.25, -0.2) is 4.99 Å². The number of aliphatic imine (C=N–C) groups is 1. The van der Waals surface area contributed by atoms with E-state index in [4.69, 9.17) is 4.99 Å². The van der Waals surface area contributed by atoms with Crippen LogP contribution in [-0.4, -0.2) is 50.8 Å². The Morgan fingerprint density at radius 3 is 2.42 bits per heavy atom. The molecule has 0 unspecified atom stereocenters. The van der Waals surface area contributed by atoms with Gasteiger partial charge in [-0.05, 0) is 55.0 Å². The SMILES string of the molecule is Cc1nnc(CN=C(NC2CCCCC2)NC2CCN(Cc3ccsc3)CC2)n1C.I. The normalized spacial score (nSPS) is 19.2. The van der Waals surface area contributed by atoms with Gasteiger partial charge in [-0.3, -0.25) is 4.90 Å². The fraction of sp³-hybridized carbons (Fsp3) is 0.682. The Morgan fingerprint density at radius 1 is 1.10 bits per heavy atom. The van der Waals surface area contributed by atoms with Crippen LogP contribution in [-0.2, 0) is 20.1 Å². The highest BCUT2D eigenvalue weighted by Crippen LogP contribution is 2.18. The summed E-state index contributed by atoms with van der Waals surface area (Å²) in [5.41, 5.74) is 1.44. The molecule has 1 saturated heterocycles. The fourth-order valence-electron chi connectivity index (χ4n) is 4.38.